The van der Waals surface area contributed by atoms with Crippen molar-refractivity contribution in [1.82, 2.24) is 0 Å². The maximum absolute atomic E-state index is 8.93. The third kappa shape index (κ3) is 2220. The van der Waals surface area contributed by atoms with E-state index in [1.54, 1.807) is 20.8 Å². The molecule has 0 amide bonds. The number of hydrogen-bond donors (Lipinski definition) is 0. The molecule has 0 N–H and O–H groups in total. The maximum Gasteiger partial charge on any atom is 4.00 e. The second kappa shape index (κ2) is 75.5. The van der Waals surface area contributed by atoms with Crippen LogP contribution in [0.3, 0.4) is 0 Å². The second-order valence-corrected chi connectivity index (χ2v) is 0.866. The molecule has 0 aliphatic carbocycles. The molecule has 0 aliphatic heterocycles. The molecule has 11 heavy (non-hydrogen) atoms. The summed E-state index contributed by atoms with van der Waals surface area (Å²) in [4.78, 5) is 0. The molecule has 4 heteroatoms. The van der Waals surface area contributed by atoms with Crippen LogP contribution >= 0.6 is 0 Å². The van der Waals surface area contributed by atoms with Crippen molar-refractivity contribution in [1.29, 1.82) is 0 Å². The third-order valence-corrected chi connectivity index (χ3v) is 0. The van der Waals surface area contributed by atoms with Gasteiger partial charge >= 0.3 is 21.7 Å². The van der Waals surface area contributed by atoms with Crippen LogP contribution in [0.15, 0.2) is 0 Å². The molecule has 0 saturated heterocycles. The zero-order chi connectivity index (χ0) is 8.12. The van der Waals surface area contributed by atoms with E-state index in [0.717, 1.165) is 0 Å². The van der Waals surface area contributed by atoms with Gasteiger partial charge in [0.15, 0.2) is 0 Å². The molecule has 0 rings (SSSR count). The van der Waals surface area contributed by atoms with Crippen molar-refractivity contribution < 1.29 is 37.0 Å². The first-order chi connectivity index (χ1) is 4.24. The Morgan fingerprint density at radius 2 is 0.727 bits per heavy atom. The number of hydrogen-bond acceptors (Lipinski definition) is 3. The third-order valence-electron chi connectivity index (χ3n) is 0. The summed E-state index contributed by atoms with van der Waals surface area (Å²) >= 11 is 0. The zero-order valence-electron chi connectivity index (χ0n) is 7.85. The molecule has 0 unspecified atom stereocenters. The standard InChI is InChI=1S/3C2H5O.CH3.Ti/c3*1-2-3;;/h3*2H2,1H3;1H3;/q4*-1;+4. The van der Waals surface area contributed by atoms with Gasteiger partial charge in [-0.15, -0.1) is 19.8 Å². The summed E-state index contributed by atoms with van der Waals surface area (Å²) in [6.07, 6.45) is 0. The van der Waals surface area contributed by atoms with Crippen molar-refractivity contribution in [3.8, 4) is 0 Å². The van der Waals surface area contributed by atoms with Crippen LogP contribution < -0.4 is 15.3 Å². The van der Waals surface area contributed by atoms with Crippen molar-refractivity contribution in [2.75, 3.05) is 19.8 Å². The van der Waals surface area contributed by atoms with Gasteiger partial charge in [0.25, 0.3) is 0 Å². The van der Waals surface area contributed by atoms with Gasteiger partial charge in [0, 0.05) is 0 Å². The van der Waals surface area contributed by atoms with Crippen LogP contribution in [0.5, 0.6) is 0 Å². The fraction of sp³-hybridized carbons (Fsp3) is 0.857. The van der Waals surface area contributed by atoms with Gasteiger partial charge in [0.05, 0.1) is 0 Å². The molecule has 0 aromatic carbocycles. The van der Waals surface area contributed by atoms with Crippen LogP contribution in [0.1, 0.15) is 20.8 Å². The van der Waals surface area contributed by atoms with Crippen molar-refractivity contribution in [3.05, 3.63) is 7.43 Å². The van der Waals surface area contributed by atoms with Crippen LogP contribution in [-0.4, -0.2) is 19.8 Å². The van der Waals surface area contributed by atoms with Crippen LogP contribution in [0.2, 0.25) is 0 Å². The quantitative estimate of drug-likeness (QED) is 0.353. The largest absolute Gasteiger partial charge is 4.00 e. The van der Waals surface area contributed by atoms with E-state index in [-0.39, 0.29) is 49.0 Å². The Morgan fingerprint density at radius 1 is 0.727 bits per heavy atom. The van der Waals surface area contributed by atoms with Crippen molar-refractivity contribution >= 4 is 0 Å². The molecule has 0 bridgehead atoms. The fourth-order valence-corrected chi connectivity index (χ4v) is 0. The monoisotopic (exact) mass is 198 g/mol. The smallest absolute Gasteiger partial charge is 0.855 e. The van der Waals surface area contributed by atoms with E-state index < -0.39 is 0 Å². The summed E-state index contributed by atoms with van der Waals surface area (Å²) in [6.45, 7) is 4.71. The molecule has 0 aromatic heterocycles. The molecule has 0 aliphatic rings. The van der Waals surface area contributed by atoms with Gasteiger partial charge in [-0.25, -0.2) is 0 Å². The van der Waals surface area contributed by atoms with Gasteiger partial charge < -0.3 is 22.7 Å². The van der Waals surface area contributed by atoms with Gasteiger partial charge in [0.1, 0.15) is 0 Å². The molecule has 0 spiro atoms. The summed E-state index contributed by atoms with van der Waals surface area (Å²) in [6, 6.07) is 0. The van der Waals surface area contributed by atoms with E-state index in [1.165, 1.54) is 0 Å². The van der Waals surface area contributed by atoms with Gasteiger partial charge in [0.2, 0.25) is 0 Å². The normalized spacial score (nSPS) is 4.91. The van der Waals surface area contributed by atoms with Gasteiger partial charge in [-0.05, 0) is 0 Å². The number of rotatable bonds is 0. The zero-order valence-corrected chi connectivity index (χ0v) is 9.41. The summed E-state index contributed by atoms with van der Waals surface area (Å²) in [7, 11) is 0. The summed E-state index contributed by atoms with van der Waals surface area (Å²) in [5.41, 5.74) is 0. The molecule has 0 saturated carbocycles. The summed E-state index contributed by atoms with van der Waals surface area (Å²) < 4.78 is 0. The van der Waals surface area contributed by atoms with E-state index in [1.807, 2.05) is 0 Å². The van der Waals surface area contributed by atoms with E-state index in [9.17, 15) is 0 Å². The van der Waals surface area contributed by atoms with E-state index in [2.05, 4.69) is 0 Å². The molecule has 0 aromatic rings. The Hall–Kier alpha value is 0.594. The van der Waals surface area contributed by atoms with Gasteiger partial charge in [-0.3, -0.25) is 0 Å². The van der Waals surface area contributed by atoms with Gasteiger partial charge in [-0.2, -0.15) is 0 Å². The van der Waals surface area contributed by atoms with Crippen LogP contribution in [-0.2, 0) is 21.7 Å². The van der Waals surface area contributed by atoms with Crippen LogP contribution in [0.25, 0.3) is 0 Å². The average molecular weight is 198 g/mol. The minimum absolute atomic E-state index is 0. The Bertz CT molecular complexity index is 18.4. The predicted octanol–water partition coefficient (Wildman–Crippen LogP) is -1.45. The van der Waals surface area contributed by atoms with Gasteiger partial charge in [-0.1, -0.05) is 20.8 Å². The fourth-order valence-electron chi connectivity index (χ4n) is 0. The molecular formula is C7H18O3Ti. The summed E-state index contributed by atoms with van der Waals surface area (Å²) in [5, 5.41) is 26.8. The van der Waals surface area contributed by atoms with E-state index in [0.29, 0.717) is 0 Å². The van der Waals surface area contributed by atoms with Crippen molar-refractivity contribution in [3.63, 3.8) is 0 Å². The minimum Gasteiger partial charge on any atom is -0.855 e. The van der Waals surface area contributed by atoms with E-state index >= 15 is 0 Å². The molecule has 3 nitrogen and oxygen atoms in total. The Balaban J connectivity index is -0.0000000150. The molecule has 0 heterocycles. The van der Waals surface area contributed by atoms with Crippen LogP contribution in [0.4, 0.5) is 0 Å². The Kier molecular flexibility index (Phi) is 205. The van der Waals surface area contributed by atoms with Crippen molar-refractivity contribution in [2.24, 2.45) is 0 Å². The van der Waals surface area contributed by atoms with Crippen LogP contribution in [0, 0.1) is 7.43 Å². The molecule has 0 radical (unpaired) electrons. The first kappa shape index (κ1) is 29.9. The molecular weight excluding hydrogens is 180 g/mol. The molecule has 0 fully saturated rings. The summed E-state index contributed by atoms with van der Waals surface area (Å²) in [5.74, 6) is 0. The molecule has 0 atom stereocenters. The first-order valence-electron chi connectivity index (χ1n) is 2.99. The second-order valence-electron chi connectivity index (χ2n) is 0.866. The predicted molar refractivity (Wildman–Crippen MR) is 38.0 cm³/mol. The van der Waals surface area contributed by atoms with E-state index in [4.69, 9.17) is 15.3 Å². The minimum atomic E-state index is 0. The Morgan fingerprint density at radius 3 is 0.727 bits per heavy atom. The topological polar surface area (TPSA) is 69.2 Å². The Labute approximate surface area is 85.3 Å². The first-order valence-corrected chi connectivity index (χ1v) is 2.99. The maximum atomic E-state index is 8.93. The SMILES string of the molecule is CC[O-].CC[O-].CC[O-].[CH3-].[Ti+4]. The average Bonchev–Trinajstić information content (AvgIpc) is 1.70. The van der Waals surface area contributed by atoms with Crippen molar-refractivity contribution in [2.45, 2.75) is 20.8 Å². The molecule has 68 valence electrons.